The van der Waals surface area contributed by atoms with Crippen LogP contribution in [0.2, 0.25) is 0 Å². The standard InChI is InChI=1S/C67H130O17P2/c1-57(2)43-35-27-19-12-10-9-11-13-23-31-39-47-64(69)77-53-62(83-66(71)49-41-33-25-17-15-21-29-37-45-59(5)6)55-81-85(73,74)79-51-61(68)52-80-86(75,76)82-56-63(84-67(72)50-42-34-26-18-22-30-38-46-60(7)8)54-78-65(70)48-40-32-24-16-14-20-28-36-44-58(3)4/h57-63,68H,9-56H2,1-8H3,(H,73,74)(H,75,76)/t61?,62-,63-/m1/s1. The quantitative estimate of drug-likeness (QED) is 0.0222. The van der Waals surface area contributed by atoms with Crippen LogP contribution in [0.4, 0.5) is 0 Å². The average molecular weight is 1270 g/mol. The minimum absolute atomic E-state index is 0.102. The minimum atomic E-state index is -4.95. The van der Waals surface area contributed by atoms with Crippen LogP contribution in [-0.2, 0) is 65.4 Å². The molecule has 0 saturated heterocycles. The molecule has 0 radical (unpaired) electrons. The Morgan fingerprint density at radius 3 is 0.721 bits per heavy atom. The maximum atomic E-state index is 13.0. The molecule has 5 atom stereocenters. The molecule has 0 bridgehead atoms. The van der Waals surface area contributed by atoms with Crippen LogP contribution in [0.15, 0.2) is 0 Å². The highest BCUT2D eigenvalue weighted by Crippen LogP contribution is 2.45. The van der Waals surface area contributed by atoms with Crippen molar-refractivity contribution in [3.8, 4) is 0 Å². The number of carbonyl (C=O) groups excluding carboxylic acids is 4. The van der Waals surface area contributed by atoms with Crippen molar-refractivity contribution in [3.63, 3.8) is 0 Å². The topological polar surface area (TPSA) is 237 Å². The Labute approximate surface area is 524 Å². The molecule has 0 heterocycles. The molecule has 0 amide bonds. The summed E-state index contributed by atoms with van der Waals surface area (Å²) in [4.78, 5) is 72.4. The molecule has 0 aliphatic heterocycles. The van der Waals surface area contributed by atoms with E-state index in [0.29, 0.717) is 31.6 Å². The summed E-state index contributed by atoms with van der Waals surface area (Å²) in [6.07, 6.45) is 37.7. The van der Waals surface area contributed by atoms with Crippen LogP contribution in [0.25, 0.3) is 0 Å². The average Bonchev–Trinajstić information content (AvgIpc) is 3.49. The molecule has 0 fully saturated rings. The van der Waals surface area contributed by atoms with Crippen molar-refractivity contribution >= 4 is 39.5 Å². The van der Waals surface area contributed by atoms with Crippen molar-refractivity contribution < 1.29 is 80.2 Å². The van der Waals surface area contributed by atoms with E-state index in [9.17, 15) is 43.2 Å². The fourth-order valence-corrected chi connectivity index (χ4v) is 11.5. The van der Waals surface area contributed by atoms with Gasteiger partial charge in [-0.3, -0.25) is 37.3 Å². The molecule has 0 aliphatic carbocycles. The highest BCUT2D eigenvalue weighted by molar-refractivity contribution is 7.47. The van der Waals surface area contributed by atoms with Crippen LogP contribution in [-0.4, -0.2) is 96.7 Å². The molecule has 0 aromatic heterocycles. The summed E-state index contributed by atoms with van der Waals surface area (Å²) < 4.78 is 68.1. The lowest BCUT2D eigenvalue weighted by Crippen LogP contribution is -2.30. The molecular weight excluding hydrogens is 1140 g/mol. The van der Waals surface area contributed by atoms with Gasteiger partial charge in [0.05, 0.1) is 26.4 Å². The fourth-order valence-electron chi connectivity index (χ4n) is 9.96. The van der Waals surface area contributed by atoms with Gasteiger partial charge in [-0.05, 0) is 49.4 Å². The summed E-state index contributed by atoms with van der Waals surface area (Å²) in [5.41, 5.74) is 0. The Hall–Kier alpha value is -1.94. The lowest BCUT2D eigenvalue weighted by molar-refractivity contribution is -0.161. The molecule has 0 saturated carbocycles. The number of esters is 4. The summed E-state index contributed by atoms with van der Waals surface area (Å²) in [5, 5.41) is 10.6. The van der Waals surface area contributed by atoms with E-state index in [1.54, 1.807) is 0 Å². The van der Waals surface area contributed by atoms with Gasteiger partial charge < -0.3 is 33.8 Å². The highest BCUT2D eigenvalue weighted by Gasteiger charge is 2.30. The lowest BCUT2D eigenvalue weighted by Gasteiger charge is -2.21. The van der Waals surface area contributed by atoms with Crippen LogP contribution in [0.1, 0.15) is 325 Å². The number of phosphoric ester groups is 2. The second kappa shape index (κ2) is 57.0. The van der Waals surface area contributed by atoms with Gasteiger partial charge in [0.2, 0.25) is 0 Å². The second-order valence-electron chi connectivity index (χ2n) is 26.1. The molecule has 86 heavy (non-hydrogen) atoms. The van der Waals surface area contributed by atoms with Crippen LogP contribution >= 0.6 is 15.6 Å². The number of rotatable bonds is 64. The Kier molecular flexibility index (Phi) is 55.7. The van der Waals surface area contributed by atoms with Gasteiger partial charge >= 0.3 is 39.5 Å². The molecule has 3 N–H and O–H groups in total. The molecule has 0 aromatic carbocycles. The molecule has 0 rings (SSSR count). The summed E-state index contributed by atoms with van der Waals surface area (Å²) in [7, 11) is -9.90. The van der Waals surface area contributed by atoms with Crippen molar-refractivity contribution in [2.45, 2.75) is 343 Å². The van der Waals surface area contributed by atoms with Crippen molar-refractivity contribution in [3.05, 3.63) is 0 Å². The zero-order valence-corrected chi connectivity index (χ0v) is 57.7. The van der Waals surface area contributed by atoms with Gasteiger partial charge in [0.15, 0.2) is 12.2 Å². The predicted octanol–water partition coefficient (Wildman–Crippen LogP) is 18.5. The number of hydrogen-bond donors (Lipinski definition) is 3. The van der Waals surface area contributed by atoms with E-state index in [4.69, 9.17) is 37.0 Å². The van der Waals surface area contributed by atoms with Gasteiger partial charge in [0.25, 0.3) is 0 Å². The van der Waals surface area contributed by atoms with Gasteiger partial charge in [-0.15, -0.1) is 0 Å². The van der Waals surface area contributed by atoms with E-state index in [2.05, 4.69) is 55.4 Å². The summed E-state index contributed by atoms with van der Waals surface area (Å²) in [5.74, 6) is 0.774. The molecule has 17 nitrogen and oxygen atoms in total. The first kappa shape index (κ1) is 84.1. The monoisotopic (exact) mass is 1270 g/mol. The Morgan fingerprint density at radius 2 is 0.488 bits per heavy atom. The number of unbranched alkanes of at least 4 members (excludes halogenated alkanes) is 30. The third-order valence-corrected chi connectivity index (χ3v) is 17.2. The second-order valence-corrected chi connectivity index (χ2v) is 29.0. The van der Waals surface area contributed by atoms with Crippen molar-refractivity contribution in [2.75, 3.05) is 39.6 Å². The number of hydrogen-bond acceptors (Lipinski definition) is 15. The molecule has 19 heteroatoms. The van der Waals surface area contributed by atoms with Crippen LogP contribution < -0.4 is 0 Å². The zero-order chi connectivity index (χ0) is 63.9. The Morgan fingerprint density at radius 1 is 0.291 bits per heavy atom. The van der Waals surface area contributed by atoms with E-state index >= 15 is 0 Å². The smallest absolute Gasteiger partial charge is 0.462 e. The Bertz CT molecular complexity index is 1710. The number of aliphatic hydroxyl groups excluding tert-OH is 1. The lowest BCUT2D eigenvalue weighted by atomic mass is 10.0. The molecule has 510 valence electrons. The third kappa shape index (κ3) is 60.9. The maximum Gasteiger partial charge on any atom is 0.472 e. The number of ether oxygens (including phenoxy) is 4. The van der Waals surface area contributed by atoms with Gasteiger partial charge in [0.1, 0.15) is 19.3 Å². The van der Waals surface area contributed by atoms with Gasteiger partial charge in [-0.1, -0.05) is 274 Å². The molecule has 0 spiro atoms. The van der Waals surface area contributed by atoms with Gasteiger partial charge in [-0.2, -0.15) is 0 Å². The van der Waals surface area contributed by atoms with E-state index in [1.807, 2.05) is 0 Å². The van der Waals surface area contributed by atoms with E-state index in [1.165, 1.54) is 128 Å². The first-order chi connectivity index (χ1) is 41.1. The Balaban J connectivity index is 5.24. The van der Waals surface area contributed by atoms with Crippen molar-refractivity contribution in [1.29, 1.82) is 0 Å². The van der Waals surface area contributed by atoms with Gasteiger partial charge in [0, 0.05) is 25.7 Å². The zero-order valence-electron chi connectivity index (χ0n) is 55.9. The maximum absolute atomic E-state index is 13.0. The minimum Gasteiger partial charge on any atom is -0.462 e. The number of phosphoric acid groups is 2. The van der Waals surface area contributed by atoms with Gasteiger partial charge in [-0.25, -0.2) is 9.13 Å². The first-order valence-corrected chi connectivity index (χ1v) is 37.7. The van der Waals surface area contributed by atoms with Crippen LogP contribution in [0.5, 0.6) is 0 Å². The fraction of sp³-hybridized carbons (Fsp3) is 0.940. The molecule has 3 unspecified atom stereocenters. The van der Waals surface area contributed by atoms with Crippen molar-refractivity contribution in [2.24, 2.45) is 23.7 Å². The summed E-state index contributed by atoms with van der Waals surface area (Å²) in [6, 6.07) is 0. The third-order valence-electron chi connectivity index (χ3n) is 15.3. The predicted molar refractivity (Wildman–Crippen MR) is 344 cm³/mol. The number of aliphatic hydroxyl groups is 1. The summed E-state index contributed by atoms with van der Waals surface area (Å²) >= 11 is 0. The van der Waals surface area contributed by atoms with E-state index < -0.39 is 97.5 Å². The normalized spacial score (nSPS) is 14.4. The van der Waals surface area contributed by atoms with E-state index in [-0.39, 0.29) is 25.7 Å². The first-order valence-electron chi connectivity index (χ1n) is 34.7. The van der Waals surface area contributed by atoms with E-state index in [0.717, 1.165) is 108 Å². The SMILES string of the molecule is CC(C)CCCCCCCCCCCCCC(=O)OC[C@H](COP(=O)(O)OCC(O)COP(=O)(O)OC[C@@H](COC(=O)CCCCCCCCCCC(C)C)OC(=O)CCCCCCCCCC(C)C)OC(=O)CCCCCCCCCCC(C)C. The molecular formula is C67H130O17P2. The largest absolute Gasteiger partial charge is 0.472 e. The molecule has 0 aliphatic rings. The molecule has 0 aromatic rings. The van der Waals surface area contributed by atoms with Crippen molar-refractivity contribution in [1.82, 2.24) is 0 Å². The van der Waals surface area contributed by atoms with Crippen LogP contribution in [0.3, 0.4) is 0 Å². The highest BCUT2D eigenvalue weighted by atomic mass is 31.2. The van der Waals surface area contributed by atoms with Crippen LogP contribution in [0, 0.1) is 23.7 Å². The number of carbonyl (C=O) groups is 4. The summed E-state index contributed by atoms with van der Waals surface area (Å²) in [6.45, 7) is 14.0.